The fourth-order valence-corrected chi connectivity index (χ4v) is 1.94. The van der Waals surface area contributed by atoms with Crippen LogP contribution in [0, 0.1) is 5.82 Å². The second-order valence-electron chi connectivity index (χ2n) is 4.89. The highest BCUT2D eigenvalue weighted by Gasteiger charge is 2.05. The van der Waals surface area contributed by atoms with E-state index in [1.165, 1.54) is 12.1 Å². The number of ether oxygens (including phenoxy) is 2. The number of amides is 1. The van der Waals surface area contributed by atoms with Crippen molar-refractivity contribution in [2.45, 2.75) is 13.3 Å². The molecule has 23 heavy (non-hydrogen) atoms. The molecule has 0 aliphatic carbocycles. The lowest BCUT2D eigenvalue weighted by molar-refractivity contribution is 0.0944. The smallest absolute Gasteiger partial charge is 0.251 e. The predicted molar refractivity (Wildman–Crippen MR) is 86.4 cm³/mol. The number of carbonyl (C=O) groups is 1. The van der Waals surface area contributed by atoms with Gasteiger partial charge in [0.25, 0.3) is 5.91 Å². The average molecular weight is 317 g/mol. The summed E-state index contributed by atoms with van der Waals surface area (Å²) in [6, 6.07) is 12.6. The van der Waals surface area contributed by atoms with Gasteiger partial charge in [0.1, 0.15) is 17.3 Å². The van der Waals surface area contributed by atoms with Gasteiger partial charge < -0.3 is 14.8 Å². The summed E-state index contributed by atoms with van der Waals surface area (Å²) in [4.78, 5) is 12.0. The molecule has 5 heteroatoms. The summed E-state index contributed by atoms with van der Waals surface area (Å²) in [7, 11) is 0. The summed E-state index contributed by atoms with van der Waals surface area (Å²) in [5.74, 6) is 0.688. The van der Waals surface area contributed by atoms with Crippen LogP contribution in [0.1, 0.15) is 23.7 Å². The van der Waals surface area contributed by atoms with Gasteiger partial charge in [-0.3, -0.25) is 4.79 Å². The van der Waals surface area contributed by atoms with Crippen molar-refractivity contribution in [2.24, 2.45) is 0 Å². The quantitative estimate of drug-likeness (QED) is 0.754. The fraction of sp³-hybridized carbons (Fsp3) is 0.278. The van der Waals surface area contributed by atoms with E-state index in [0.717, 1.165) is 6.42 Å². The van der Waals surface area contributed by atoms with Gasteiger partial charge >= 0.3 is 0 Å². The van der Waals surface area contributed by atoms with Crippen molar-refractivity contribution in [2.75, 3.05) is 19.8 Å². The number of hydrogen-bond acceptors (Lipinski definition) is 3. The molecule has 0 aliphatic heterocycles. The largest absolute Gasteiger partial charge is 0.457 e. The van der Waals surface area contributed by atoms with Crippen molar-refractivity contribution in [3.63, 3.8) is 0 Å². The van der Waals surface area contributed by atoms with Crippen LogP contribution in [0.3, 0.4) is 0 Å². The highest BCUT2D eigenvalue weighted by atomic mass is 19.1. The van der Waals surface area contributed by atoms with Crippen LogP contribution in [-0.4, -0.2) is 25.7 Å². The second-order valence-corrected chi connectivity index (χ2v) is 4.89. The average Bonchev–Trinajstić information content (AvgIpc) is 2.57. The van der Waals surface area contributed by atoms with E-state index in [2.05, 4.69) is 5.32 Å². The molecule has 4 nitrogen and oxygen atoms in total. The Kier molecular flexibility index (Phi) is 6.56. The molecule has 0 heterocycles. The van der Waals surface area contributed by atoms with E-state index >= 15 is 0 Å². The van der Waals surface area contributed by atoms with Crippen molar-refractivity contribution < 1.29 is 18.7 Å². The van der Waals surface area contributed by atoms with Crippen LogP contribution in [0.5, 0.6) is 11.5 Å². The van der Waals surface area contributed by atoms with Crippen LogP contribution in [-0.2, 0) is 4.74 Å². The van der Waals surface area contributed by atoms with Gasteiger partial charge in [0.2, 0.25) is 0 Å². The molecule has 0 aliphatic rings. The zero-order chi connectivity index (χ0) is 16.5. The van der Waals surface area contributed by atoms with Gasteiger partial charge in [0, 0.05) is 25.3 Å². The molecule has 0 fully saturated rings. The summed E-state index contributed by atoms with van der Waals surface area (Å²) in [5.41, 5.74) is 0.563. The molecule has 1 amide bonds. The normalized spacial score (nSPS) is 10.3. The minimum Gasteiger partial charge on any atom is -0.457 e. The van der Waals surface area contributed by atoms with Crippen molar-refractivity contribution >= 4 is 5.91 Å². The molecule has 0 bridgehead atoms. The van der Waals surface area contributed by atoms with Gasteiger partial charge in [-0.2, -0.15) is 0 Å². The molecule has 0 saturated heterocycles. The molecule has 2 aromatic carbocycles. The topological polar surface area (TPSA) is 47.6 Å². The zero-order valence-electron chi connectivity index (χ0n) is 13.0. The molecule has 0 aromatic heterocycles. The minimum absolute atomic E-state index is 0.130. The molecule has 0 atom stereocenters. The minimum atomic E-state index is -0.311. The van der Waals surface area contributed by atoms with Crippen LogP contribution in [0.25, 0.3) is 0 Å². The molecule has 122 valence electrons. The van der Waals surface area contributed by atoms with E-state index < -0.39 is 0 Å². The van der Waals surface area contributed by atoms with E-state index in [9.17, 15) is 9.18 Å². The van der Waals surface area contributed by atoms with Crippen molar-refractivity contribution in [1.82, 2.24) is 5.32 Å². The monoisotopic (exact) mass is 317 g/mol. The standard InChI is InChI=1S/C18H20FNO3/c1-2-22-13-3-12-20-18(21)14-4-8-16(9-5-14)23-17-10-6-15(19)7-11-17/h4-11H,2-3,12-13H2,1H3,(H,20,21). The van der Waals surface area contributed by atoms with Gasteiger partial charge in [0.05, 0.1) is 0 Å². The summed E-state index contributed by atoms with van der Waals surface area (Å²) < 4.78 is 23.6. The third kappa shape index (κ3) is 5.71. The summed E-state index contributed by atoms with van der Waals surface area (Å²) >= 11 is 0. The second kappa shape index (κ2) is 8.90. The Morgan fingerprint density at radius 1 is 1.04 bits per heavy atom. The lowest BCUT2D eigenvalue weighted by atomic mass is 10.2. The maximum absolute atomic E-state index is 12.8. The van der Waals surface area contributed by atoms with Crippen molar-refractivity contribution in [3.8, 4) is 11.5 Å². The number of hydrogen-bond donors (Lipinski definition) is 1. The Labute approximate surface area is 135 Å². The Balaban J connectivity index is 1.83. The first-order valence-corrected chi connectivity index (χ1v) is 7.58. The highest BCUT2D eigenvalue weighted by Crippen LogP contribution is 2.21. The number of carbonyl (C=O) groups excluding carboxylic acids is 1. The van der Waals surface area contributed by atoms with E-state index in [-0.39, 0.29) is 11.7 Å². The molecule has 0 saturated carbocycles. The van der Waals surface area contributed by atoms with Gasteiger partial charge in [0.15, 0.2) is 0 Å². The first kappa shape index (κ1) is 17.0. The van der Waals surface area contributed by atoms with Crippen LogP contribution in [0.15, 0.2) is 48.5 Å². The van der Waals surface area contributed by atoms with E-state index in [0.29, 0.717) is 36.8 Å². The van der Waals surface area contributed by atoms with E-state index in [4.69, 9.17) is 9.47 Å². The van der Waals surface area contributed by atoms with Crippen LogP contribution < -0.4 is 10.1 Å². The maximum atomic E-state index is 12.8. The molecule has 0 radical (unpaired) electrons. The van der Waals surface area contributed by atoms with Crippen LogP contribution >= 0.6 is 0 Å². The molecular weight excluding hydrogens is 297 g/mol. The van der Waals surface area contributed by atoms with Gasteiger partial charge in [-0.1, -0.05) is 0 Å². The molecule has 1 N–H and O–H groups in total. The zero-order valence-corrected chi connectivity index (χ0v) is 13.0. The third-order valence-corrected chi connectivity index (χ3v) is 3.12. The Morgan fingerprint density at radius 3 is 2.26 bits per heavy atom. The molecule has 2 aromatic rings. The lowest BCUT2D eigenvalue weighted by Crippen LogP contribution is -2.25. The van der Waals surface area contributed by atoms with Crippen molar-refractivity contribution in [3.05, 3.63) is 59.9 Å². The van der Waals surface area contributed by atoms with Crippen LogP contribution in [0.2, 0.25) is 0 Å². The lowest BCUT2D eigenvalue weighted by Gasteiger charge is -2.08. The van der Waals surface area contributed by atoms with Crippen molar-refractivity contribution in [1.29, 1.82) is 0 Å². The number of rotatable bonds is 8. The Morgan fingerprint density at radius 2 is 1.65 bits per heavy atom. The first-order chi connectivity index (χ1) is 11.2. The first-order valence-electron chi connectivity index (χ1n) is 7.58. The molecule has 0 spiro atoms. The van der Waals surface area contributed by atoms with Gasteiger partial charge in [-0.15, -0.1) is 0 Å². The Bertz CT molecular complexity index is 611. The fourth-order valence-electron chi connectivity index (χ4n) is 1.94. The maximum Gasteiger partial charge on any atom is 0.251 e. The summed E-state index contributed by atoms with van der Waals surface area (Å²) in [6.07, 6.45) is 0.783. The van der Waals surface area contributed by atoms with Crippen LogP contribution in [0.4, 0.5) is 4.39 Å². The highest BCUT2D eigenvalue weighted by molar-refractivity contribution is 5.94. The summed E-state index contributed by atoms with van der Waals surface area (Å²) in [5, 5.41) is 2.83. The number of benzene rings is 2. The van der Waals surface area contributed by atoms with Gasteiger partial charge in [-0.25, -0.2) is 4.39 Å². The SMILES string of the molecule is CCOCCCNC(=O)c1ccc(Oc2ccc(F)cc2)cc1. The van der Waals surface area contributed by atoms with Gasteiger partial charge in [-0.05, 0) is 61.9 Å². The molecule has 0 unspecified atom stereocenters. The molecule has 2 rings (SSSR count). The van der Waals surface area contributed by atoms with E-state index in [1.807, 2.05) is 6.92 Å². The summed E-state index contributed by atoms with van der Waals surface area (Å²) in [6.45, 7) is 3.84. The number of halogens is 1. The molecular formula is C18H20FNO3. The predicted octanol–water partition coefficient (Wildman–Crippen LogP) is 3.77. The van der Waals surface area contributed by atoms with E-state index in [1.54, 1.807) is 36.4 Å². The third-order valence-electron chi connectivity index (χ3n) is 3.12. The Hall–Kier alpha value is -2.40. The number of nitrogens with one attached hydrogen (secondary N) is 1.